The quantitative estimate of drug-likeness (QED) is 0.792. The van der Waals surface area contributed by atoms with E-state index in [-0.39, 0.29) is 29.0 Å². The molecular formula is C12H7BrClFO2. The molecule has 17 heavy (non-hydrogen) atoms. The Labute approximate surface area is 111 Å². The molecule has 0 saturated carbocycles. The first kappa shape index (κ1) is 12.3. The van der Waals surface area contributed by atoms with E-state index in [0.29, 0.717) is 10.0 Å². The van der Waals surface area contributed by atoms with Crippen LogP contribution in [-0.2, 0) is 6.42 Å². The van der Waals surface area contributed by atoms with Crippen LogP contribution in [0.15, 0.2) is 39.2 Å². The van der Waals surface area contributed by atoms with Gasteiger partial charge in [0.1, 0.15) is 5.82 Å². The highest BCUT2D eigenvalue weighted by Crippen LogP contribution is 2.19. The zero-order chi connectivity index (χ0) is 12.4. The molecule has 0 atom stereocenters. The molecule has 0 aliphatic carbocycles. The number of rotatable bonds is 3. The molecular weight excluding hydrogens is 310 g/mol. The predicted octanol–water partition coefficient (Wildman–Crippen LogP) is 4.26. The molecule has 5 heteroatoms. The van der Waals surface area contributed by atoms with Gasteiger partial charge in [-0.05, 0) is 57.4 Å². The molecule has 0 bridgehead atoms. The van der Waals surface area contributed by atoms with Gasteiger partial charge in [0.2, 0.25) is 5.78 Å². The van der Waals surface area contributed by atoms with Crippen molar-refractivity contribution in [3.05, 3.63) is 57.2 Å². The third-order valence-corrected chi connectivity index (χ3v) is 3.01. The fourth-order valence-electron chi connectivity index (χ4n) is 1.39. The predicted molar refractivity (Wildman–Crippen MR) is 65.9 cm³/mol. The van der Waals surface area contributed by atoms with Crippen molar-refractivity contribution < 1.29 is 13.6 Å². The molecule has 1 heterocycles. The first-order valence-electron chi connectivity index (χ1n) is 4.79. The number of hydrogen-bond donors (Lipinski definition) is 0. The van der Waals surface area contributed by atoms with Crippen molar-refractivity contribution in [2.75, 3.05) is 0 Å². The molecule has 2 aromatic rings. The Balaban J connectivity index is 2.15. The summed E-state index contributed by atoms with van der Waals surface area (Å²) in [6.07, 6.45) is 0.142. The Morgan fingerprint density at radius 3 is 2.71 bits per heavy atom. The summed E-state index contributed by atoms with van der Waals surface area (Å²) in [6, 6.07) is 7.46. The summed E-state index contributed by atoms with van der Waals surface area (Å²) in [7, 11) is 0. The molecule has 2 rings (SSSR count). The minimum absolute atomic E-state index is 0.142. The first-order chi connectivity index (χ1) is 8.06. The van der Waals surface area contributed by atoms with Gasteiger partial charge >= 0.3 is 0 Å². The number of furan rings is 1. The number of carbonyl (C=O) groups is 1. The molecule has 0 N–H and O–H groups in total. The topological polar surface area (TPSA) is 30.2 Å². The molecule has 0 amide bonds. The van der Waals surface area contributed by atoms with Crippen LogP contribution < -0.4 is 0 Å². The van der Waals surface area contributed by atoms with Crippen molar-refractivity contribution in [1.29, 1.82) is 0 Å². The SMILES string of the molecule is O=C(Cc1ccc(F)c(Br)c1)c1ccc(Cl)o1. The zero-order valence-electron chi connectivity index (χ0n) is 8.54. The van der Waals surface area contributed by atoms with Crippen LogP contribution in [0, 0.1) is 5.82 Å². The second-order valence-corrected chi connectivity index (χ2v) is 4.68. The number of halogens is 3. The number of hydrogen-bond acceptors (Lipinski definition) is 2. The average Bonchev–Trinajstić information content (AvgIpc) is 2.70. The van der Waals surface area contributed by atoms with Gasteiger partial charge in [-0.2, -0.15) is 0 Å². The van der Waals surface area contributed by atoms with Crippen molar-refractivity contribution >= 4 is 33.3 Å². The van der Waals surface area contributed by atoms with E-state index in [1.165, 1.54) is 18.2 Å². The smallest absolute Gasteiger partial charge is 0.202 e. The Hall–Kier alpha value is -1.13. The van der Waals surface area contributed by atoms with Gasteiger partial charge in [-0.25, -0.2) is 4.39 Å². The molecule has 1 aromatic carbocycles. The van der Waals surface area contributed by atoms with Gasteiger partial charge in [0.15, 0.2) is 11.0 Å². The fourth-order valence-corrected chi connectivity index (χ4v) is 1.96. The largest absolute Gasteiger partial charge is 0.442 e. The highest BCUT2D eigenvalue weighted by molar-refractivity contribution is 9.10. The molecule has 0 spiro atoms. The highest BCUT2D eigenvalue weighted by Gasteiger charge is 2.12. The molecule has 0 radical (unpaired) electrons. The average molecular weight is 318 g/mol. The summed E-state index contributed by atoms with van der Waals surface area (Å²) >= 11 is 8.64. The Bertz CT molecular complexity index is 565. The second kappa shape index (κ2) is 5.02. The first-order valence-corrected chi connectivity index (χ1v) is 5.96. The third-order valence-electron chi connectivity index (χ3n) is 2.20. The molecule has 0 unspecified atom stereocenters. The third kappa shape index (κ3) is 2.96. The fraction of sp³-hybridized carbons (Fsp3) is 0.0833. The summed E-state index contributed by atoms with van der Waals surface area (Å²) in [5, 5.41) is 0.175. The Morgan fingerprint density at radius 1 is 1.35 bits per heavy atom. The van der Waals surface area contributed by atoms with E-state index in [1.807, 2.05) is 0 Å². The van der Waals surface area contributed by atoms with Gasteiger partial charge < -0.3 is 4.42 Å². The maximum Gasteiger partial charge on any atom is 0.202 e. The summed E-state index contributed by atoms with van der Waals surface area (Å²) in [4.78, 5) is 11.8. The van der Waals surface area contributed by atoms with Crippen LogP contribution in [-0.4, -0.2) is 5.78 Å². The van der Waals surface area contributed by atoms with Gasteiger partial charge in [0, 0.05) is 6.42 Å². The highest BCUT2D eigenvalue weighted by atomic mass is 79.9. The van der Waals surface area contributed by atoms with Gasteiger partial charge in [-0.1, -0.05) is 6.07 Å². The normalized spacial score (nSPS) is 10.5. The van der Waals surface area contributed by atoms with Crippen LogP contribution in [0.4, 0.5) is 4.39 Å². The maximum absolute atomic E-state index is 13.0. The van der Waals surface area contributed by atoms with Crippen molar-refractivity contribution in [3.63, 3.8) is 0 Å². The van der Waals surface area contributed by atoms with Crippen molar-refractivity contribution in [2.24, 2.45) is 0 Å². The number of ketones is 1. The van der Waals surface area contributed by atoms with Crippen molar-refractivity contribution in [3.8, 4) is 0 Å². The lowest BCUT2D eigenvalue weighted by Crippen LogP contribution is -2.02. The molecule has 0 saturated heterocycles. The van der Waals surface area contributed by atoms with E-state index in [9.17, 15) is 9.18 Å². The number of benzene rings is 1. The van der Waals surface area contributed by atoms with Crippen LogP contribution in [0.2, 0.25) is 5.22 Å². The van der Waals surface area contributed by atoms with Crippen molar-refractivity contribution in [2.45, 2.75) is 6.42 Å². The molecule has 0 fully saturated rings. The molecule has 88 valence electrons. The lowest BCUT2D eigenvalue weighted by Gasteiger charge is -2.00. The molecule has 1 aromatic heterocycles. The minimum atomic E-state index is -0.359. The van der Waals surface area contributed by atoms with Crippen LogP contribution >= 0.6 is 27.5 Å². The van der Waals surface area contributed by atoms with Gasteiger partial charge in [-0.15, -0.1) is 0 Å². The number of carbonyl (C=O) groups excluding carboxylic acids is 1. The van der Waals surface area contributed by atoms with Crippen LogP contribution in [0.3, 0.4) is 0 Å². The van der Waals surface area contributed by atoms with E-state index in [2.05, 4.69) is 15.9 Å². The summed E-state index contributed by atoms with van der Waals surface area (Å²) < 4.78 is 18.3. The van der Waals surface area contributed by atoms with E-state index in [4.69, 9.17) is 16.0 Å². The Morgan fingerprint density at radius 2 is 2.12 bits per heavy atom. The van der Waals surface area contributed by atoms with E-state index < -0.39 is 0 Å². The Kier molecular flexibility index (Phi) is 3.64. The minimum Gasteiger partial charge on any atom is -0.442 e. The van der Waals surface area contributed by atoms with Gasteiger partial charge in [0.05, 0.1) is 4.47 Å². The van der Waals surface area contributed by atoms with Crippen molar-refractivity contribution in [1.82, 2.24) is 0 Å². The van der Waals surface area contributed by atoms with Crippen LogP contribution in [0.25, 0.3) is 0 Å². The van der Waals surface area contributed by atoms with Gasteiger partial charge in [-0.3, -0.25) is 4.79 Å². The van der Waals surface area contributed by atoms with Crippen LogP contribution in [0.1, 0.15) is 16.1 Å². The summed E-state index contributed by atoms with van der Waals surface area (Å²) in [6.45, 7) is 0. The number of Topliss-reactive ketones (excluding diaryl/α,β-unsaturated/α-hetero) is 1. The standard InChI is InChI=1S/C12H7BrClFO2/c13-8-5-7(1-2-9(8)15)6-10(16)11-3-4-12(14)17-11/h1-5H,6H2. The maximum atomic E-state index is 13.0. The summed E-state index contributed by atoms with van der Waals surface area (Å²) in [5.74, 6) is -0.354. The van der Waals surface area contributed by atoms with Gasteiger partial charge in [0.25, 0.3) is 0 Å². The summed E-state index contributed by atoms with van der Waals surface area (Å²) in [5.41, 5.74) is 0.704. The lowest BCUT2D eigenvalue weighted by atomic mass is 10.1. The zero-order valence-corrected chi connectivity index (χ0v) is 10.9. The monoisotopic (exact) mass is 316 g/mol. The van der Waals surface area contributed by atoms with E-state index in [1.54, 1.807) is 12.1 Å². The van der Waals surface area contributed by atoms with E-state index in [0.717, 1.165) is 0 Å². The van der Waals surface area contributed by atoms with E-state index >= 15 is 0 Å². The molecule has 0 aliphatic heterocycles. The second-order valence-electron chi connectivity index (χ2n) is 3.45. The molecule has 0 aliphatic rings. The molecule has 2 nitrogen and oxygen atoms in total. The lowest BCUT2D eigenvalue weighted by molar-refractivity contribution is 0.0966. The van der Waals surface area contributed by atoms with Crippen LogP contribution in [0.5, 0.6) is 0 Å².